The highest BCUT2D eigenvalue weighted by atomic mass is 79.9. The standard InChI is InChI=1S/C9H8BrClO2/c10-9-6(4-7(12)5-11)2-1-3-8(9)13/h1-3,13H,4-5H2. The molecule has 0 aliphatic rings. The Labute approximate surface area is 89.7 Å². The summed E-state index contributed by atoms with van der Waals surface area (Å²) in [5, 5.41) is 9.29. The van der Waals surface area contributed by atoms with E-state index in [1.165, 1.54) is 0 Å². The van der Waals surface area contributed by atoms with Gasteiger partial charge in [-0.15, -0.1) is 11.6 Å². The lowest BCUT2D eigenvalue weighted by molar-refractivity contribution is -0.116. The van der Waals surface area contributed by atoms with Gasteiger partial charge in [-0.05, 0) is 27.6 Å². The topological polar surface area (TPSA) is 37.3 Å². The molecule has 0 radical (unpaired) electrons. The maximum atomic E-state index is 11.0. The van der Waals surface area contributed by atoms with Crippen molar-refractivity contribution in [3.8, 4) is 5.75 Å². The SMILES string of the molecule is O=C(CCl)Cc1cccc(O)c1Br. The molecule has 0 saturated heterocycles. The fraction of sp³-hybridized carbons (Fsp3) is 0.222. The van der Waals surface area contributed by atoms with Crippen LogP contribution in [0.25, 0.3) is 0 Å². The number of hydrogen-bond acceptors (Lipinski definition) is 2. The van der Waals surface area contributed by atoms with Crippen molar-refractivity contribution in [1.82, 2.24) is 0 Å². The number of phenolic OH excluding ortho intramolecular Hbond substituents is 1. The van der Waals surface area contributed by atoms with Crippen LogP contribution < -0.4 is 0 Å². The molecule has 1 aromatic rings. The van der Waals surface area contributed by atoms with Crippen LogP contribution in [-0.4, -0.2) is 16.8 Å². The number of hydrogen-bond donors (Lipinski definition) is 1. The first-order valence-electron chi connectivity index (χ1n) is 3.69. The number of rotatable bonds is 3. The van der Waals surface area contributed by atoms with E-state index in [4.69, 9.17) is 11.6 Å². The highest BCUT2D eigenvalue weighted by molar-refractivity contribution is 9.10. The van der Waals surface area contributed by atoms with Crippen molar-refractivity contribution < 1.29 is 9.90 Å². The highest BCUT2D eigenvalue weighted by Crippen LogP contribution is 2.27. The van der Waals surface area contributed by atoms with Crippen molar-refractivity contribution in [2.45, 2.75) is 6.42 Å². The average Bonchev–Trinajstić information content (AvgIpc) is 2.13. The minimum absolute atomic E-state index is 0.00208. The molecule has 70 valence electrons. The minimum Gasteiger partial charge on any atom is -0.507 e. The van der Waals surface area contributed by atoms with Gasteiger partial charge in [0.25, 0.3) is 0 Å². The van der Waals surface area contributed by atoms with Crippen molar-refractivity contribution in [2.75, 3.05) is 5.88 Å². The predicted molar refractivity (Wildman–Crippen MR) is 55.2 cm³/mol. The number of benzene rings is 1. The summed E-state index contributed by atoms with van der Waals surface area (Å²) in [4.78, 5) is 11.0. The van der Waals surface area contributed by atoms with E-state index in [2.05, 4.69) is 15.9 Å². The second kappa shape index (κ2) is 4.63. The lowest BCUT2D eigenvalue weighted by Crippen LogP contribution is -2.04. The Morgan fingerprint density at radius 1 is 1.54 bits per heavy atom. The summed E-state index contributed by atoms with van der Waals surface area (Å²) in [5.41, 5.74) is 0.755. The van der Waals surface area contributed by atoms with Crippen molar-refractivity contribution >= 4 is 33.3 Å². The second-order valence-corrected chi connectivity index (χ2v) is 3.66. The number of carbonyl (C=O) groups excluding carboxylic acids is 1. The molecule has 1 aromatic carbocycles. The Hall–Kier alpha value is -0.540. The largest absolute Gasteiger partial charge is 0.507 e. The van der Waals surface area contributed by atoms with E-state index < -0.39 is 0 Å². The number of Topliss-reactive ketones (excluding diaryl/α,β-unsaturated/α-hetero) is 1. The maximum Gasteiger partial charge on any atom is 0.151 e. The van der Waals surface area contributed by atoms with Gasteiger partial charge in [-0.3, -0.25) is 4.79 Å². The first kappa shape index (κ1) is 10.5. The number of alkyl halides is 1. The molecule has 0 fully saturated rings. The van der Waals surface area contributed by atoms with Crippen molar-refractivity contribution in [2.24, 2.45) is 0 Å². The van der Waals surface area contributed by atoms with Gasteiger partial charge in [0.1, 0.15) is 5.75 Å². The molecule has 0 amide bonds. The number of halogens is 2. The summed E-state index contributed by atoms with van der Waals surface area (Å²) in [6, 6.07) is 5.02. The number of phenols is 1. The molecule has 0 heterocycles. The maximum absolute atomic E-state index is 11.0. The molecule has 1 N–H and O–H groups in total. The molecular weight excluding hydrogens is 255 g/mol. The molecule has 2 nitrogen and oxygen atoms in total. The van der Waals surface area contributed by atoms with Gasteiger partial charge in [-0.2, -0.15) is 0 Å². The van der Waals surface area contributed by atoms with Crippen LogP contribution in [0.3, 0.4) is 0 Å². The minimum atomic E-state index is -0.0621. The summed E-state index contributed by atoms with van der Waals surface area (Å²) in [7, 11) is 0. The molecule has 0 bridgehead atoms. The summed E-state index contributed by atoms with van der Waals surface area (Å²) in [5.74, 6) is 0.0788. The fourth-order valence-corrected chi connectivity index (χ4v) is 1.46. The van der Waals surface area contributed by atoms with Gasteiger partial charge < -0.3 is 5.11 Å². The number of aromatic hydroxyl groups is 1. The molecule has 0 aliphatic heterocycles. The number of ketones is 1. The van der Waals surface area contributed by atoms with Crippen molar-refractivity contribution in [3.05, 3.63) is 28.2 Å². The lowest BCUT2D eigenvalue weighted by Gasteiger charge is -2.03. The molecule has 13 heavy (non-hydrogen) atoms. The van der Waals surface area contributed by atoms with Crippen LogP contribution in [0.15, 0.2) is 22.7 Å². The van der Waals surface area contributed by atoms with Crippen molar-refractivity contribution in [1.29, 1.82) is 0 Å². The number of carbonyl (C=O) groups is 1. The fourth-order valence-electron chi connectivity index (χ4n) is 0.962. The third kappa shape index (κ3) is 2.71. The Bertz CT molecular complexity index is 325. The zero-order valence-electron chi connectivity index (χ0n) is 6.76. The summed E-state index contributed by atoms with van der Waals surface area (Å²) < 4.78 is 0.563. The van der Waals surface area contributed by atoms with Crippen molar-refractivity contribution in [3.63, 3.8) is 0 Å². The third-order valence-corrected chi connectivity index (χ3v) is 2.81. The van der Waals surface area contributed by atoms with E-state index in [-0.39, 0.29) is 23.8 Å². The van der Waals surface area contributed by atoms with Gasteiger partial charge in [-0.25, -0.2) is 0 Å². The summed E-state index contributed by atoms with van der Waals surface area (Å²) in [6.45, 7) is 0. The Morgan fingerprint density at radius 2 is 2.23 bits per heavy atom. The van der Waals surface area contributed by atoms with Crippen LogP contribution in [0.2, 0.25) is 0 Å². The zero-order chi connectivity index (χ0) is 9.84. The van der Waals surface area contributed by atoms with E-state index >= 15 is 0 Å². The van der Waals surface area contributed by atoms with Gasteiger partial charge in [0.15, 0.2) is 5.78 Å². The van der Waals surface area contributed by atoms with E-state index in [0.29, 0.717) is 4.47 Å². The van der Waals surface area contributed by atoms with E-state index in [1.54, 1.807) is 18.2 Å². The Morgan fingerprint density at radius 3 is 2.85 bits per heavy atom. The summed E-state index contributed by atoms with van der Waals surface area (Å²) in [6.07, 6.45) is 0.248. The quantitative estimate of drug-likeness (QED) is 0.851. The van der Waals surface area contributed by atoms with Gasteiger partial charge in [0.2, 0.25) is 0 Å². The van der Waals surface area contributed by atoms with Crippen LogP contribution in [-0.2, 0) is 11.2 Å². The molecule has 0 unspecified atom stereocenters. The molecular formula is C9H8BrClO2. The normalized spacial score (nSPS) is 10.0. The Balaban J connectivity index is 2.89. The average molecular weight is 264 g/mol. The first-order chi connectivity index (χ1) is 6.15. The van der Waals surface area contributed by atoms with Gasteiger partial charge in [0.05, 0.1) is 10.4 Å². The second-order valence-electron chi connectivity index (χ2n) is 2.60. The van der Waals surface area contributed by atoms with E-state index in [9.17, 15) is 9.90 Å². The third-order valence-electron chi connectivity index (χ3n) is 1.59. The molecule has 0 spiro atoms. The molecule has 1 rings (SSSR count). The summed E-state index contributed by atoms with van der Waals surface area (Å²) >= 11 is 8.56. The van der Waals surface area contributed by atoms with E-state index in [1.807, 2.05) is 0 Å². The molecule has 0 saturated carbocycles. The monoisotopic (exact) mass is 262 g/mol. The molecule has 0 aliphatic carbocycles. The smallest absolute Gasteiger partial charge is 0.151 e. The Kier molecular flexibility index (Phi) is 3.75. The highest BCUT2D eigenvalue weighted by Gasteiger charge is 2.07. The van der Waals surface area contributed by atoms with Crippen LogP contribution >= 0.6 is 27.5 Å². The zero-order valence-corrected chi connectivity index (χ0v) is 9.10. The van der Waals surface area contributed by atoms with Crippen LogP contribution in [0.4, 0.5) is 0 Å². The molecule has 0 aromatic heterocycles. The van der Waals surface area contributed by atoms with Crippen LogP contribution in [0.5, 0.6) is 5.75 Å². The molecule has 4 heteroatoms. The van der Waals surface area contributed by atoms with Gasteiger partial charge >= 0.3 is 0 Å². The lowest BCUT2D eigenvalue weighted by atomic mass is 10.1. The van der Waals surface area contributed by atoms with Crippen LogP contribution in [0, 0.1) is 0 Å². The van der Waals surface area contributed by atoms with E-state index in [0.717, 1.165) is 5.56 Å². The predicted octanol–water partition coefficient (Wildman–Crippen LogP) is 2.51. The first-order valence-corrected chi connectivity index (χ1v) is 5.02. The van der Waals surface area contributed by atoms with Gasteiger partial charge in [-0.1, -0.05) is 12.1 Å². The molecule has 0 atom stereocenters. The van der Waals surface area contributed by atoms with Gasteiger partial charge in [0, 0.05) is 6.42 Å². The van der Waals surface area contributed by atoms with Crippen LogP contribution in [0.1, 0.15) is 5.56 Å².